The number of rotatable bonds is 41. The topological polar surface area (TPSA) is 799 Å². The summed E-state index contributed by atoms with van der Waals surface area (Å²) >= 11 is 1.74. The number of amides is 2. The van der Waals surface area contributed by atoms with Crippen LogP contribution in [0, 0.1) is 17.6 Å². The number of likely N-dealkylation sites (N-methyl/N-ethyl adjacent to an activating group) is 1. The Bertz CT molecular complexity index is 4400. The molecule has 21 saturated heterocycles. The Morgan fingerprint density at radius 2 is 0.693 bits per heavy atom. The van der Waals surface area contributed by atoms with Crippen molar-refractivity contribution in [3.05, 3.63) is 65.7 Å². The van der Waals surface area contributed by atoms with Crippen molar-refractivity contribution in [1.82, 2.24) is 35.1 Å². The molecule has 0 aromatic carbocycles. The van der Waals surface area contributed by atoms with Crippen molar-refractivity contribution in [1.29, 1.82) is 0 Å². The fourth-order valence-electron chi connectivity index (χ4n) is 15.8. The van der Waals surface area contributed by atoms with Crippen molar-refractivity contribution in [2.24, 2.45) is 5.92 Å². The Labute approximate surface area is 784 Å². The van der Waals surface area contributed by atoms with E-state index in [4.69, 9.17) is 85.3 Å². The zero-order chi connectivity index (χ0) is 99.9. The van der Waals surface area contributed by atoms with Crippen LogP contribution in [0.15, 0.2) is 31.6 Å². The zero-order valence-corrected chi connectivity index (χ0v) is 75.4. The first-order valence-corrected chi connectivity index (χ1v) is 46.2. The van der Waals surface area contributed by atoms with Crippen LogP contribution in [-0.4, -0.2) is 475 Å². The van der Waals surface area contributed by atoms with E-state index in [2.05, 4.69) is 16.0 Å². The minimum Gasteiger partial charge on any atom is -0.444 e. The lowest BCUT2D eigenvalue weighted by molar-refractivity contribution is -0.395. The lowest BCUT2D eigenvalue weighted by atomic mass is 9.95. The van der Waals surface area contributed by atoms with E-state index in [9.17, 15) is 154 Å². The van der Waals surface area contributed by atoms with Crippen LogP contribution in [0.4, 0.5) is 8.78 Å². The Hall–Kier alpha value is -6.30. The van der Waals surface area contributed by atoms with Gasteiger partial charge in [-0.3, -0.25) is 57.5 Å². The van der Waals surface area contributed by atoms with Crippen molar-refractivity contribution in [3.8, 4) is 0 Å². The van der Waals surface area contributed by atoms with E-state index in [1.165, 1.54) is 14.0 Å². The van der Waals surface area contributed by atoms with E-state index < -0.39 is 362 Å². The summed E-state index contributed by atoms with van der Waals surface area (Å²) in [7, 11) is 1.43. The van der Waals surface area contributed by atoms with Gasteiger partial charge in [0.05, 0.1) is 82.8 Å². The quantitative estimate of drug-likeness (QED) is 0.0217. The van der Waals surface area contributed by atoms with E-state index in [1.807, 2.05) is 0 Å². The number of carbonyl (C=O) groups excluding carboxylic acids is 6. The summed E-state index contributed by atoms with van der Waals surface area (Å²) < 4.78 is 133. The molecule has 14 bridgehead atoms. The first kappa shape index (κ1) is 113. The number of unbranched alkanes of at least 4 members (excludes halogenated alkanes) is 4. The summed E-state index contributed by atoms with van der Waals surface area (Å²) in [4.78, 5) is 128. The summed E-state index contributed by atoms with van der Waals surface area (Å²) in [6.45, 7) is -7.03. The molecule has 54 nitrogen and oxygen atoms in total. The highest BCUT2D eigenvalue weighted by Crippen LogP contribution is 2.41. The van der Waals surface area contributed by atoms with Gasteiger partial charge in [0.25, 0.3) is 11.1 Å². The molecule has 0 radical (unpaired) electrons. The number of esters is 2. The predicted molar refractivity (Wildman–Crippen MR) is 445 cm³/mol. The van der Waals surface area contributed by atoms with Gasteiger partial charge in [0.1, 0.15) is 172 Å². The number of thioether (sulfide) groups is 2. The molecule has 780 valence electrons. The highest BCUT2D eigenvalue weighted by molar-refractivity contribution is 7.99. The Morgan fingerprint density at radius 3 is 1.00 bits per heavy atom. The molecule has 23 rings (SSSR count). The average molecular weight is 2020 g/mol. The molecule has 0 saturated carbocycles. The number of ketones is 2. The fourth-order valence-corrected chi connectivity index (χ4v) is 18.2. The van der Waals surface area contributed by atoms with Crippen LogP contribution in [-0.2, 0) is 127 Å². The van der Waals surface area contributed by atoms with Crippen LogP contribution < -0.4 is 38.4 Å². The number of aromatic amines is 2. The maximum atomic E-state index is 14.2. The second-order valence-corrected chi connectivity index (χ2v) is 35.5. The number of hydrogen-bond donors (Lipinski definition) is 24. The van der Waals surface area contributed by atoms with E-state index in [1.54, 1.807) is 9.97 Å². The number of halogens is 2. The third-order valence-corrected chi connectivity index (χ3v) is 25.8. The van der Waals surface area contributed by atoms with Crippen molar-refractivity contribution < 1.29 is 220 Å². The normalized spacial score (nSPS) is 36.5. The number of aromatic nitrogens is 4. The van der Waals surface area contributed by atoms with E-state index in [0.29, 0.717) is 34.4 Å². The molecule has 2 amide bonds. The standard InChI is InChI=1S/C79H121F2N7O47S2/c1-31(94)23-118-13-14-119-24-33(95)15-32(67(112)83-11-7-3-5-9-44(96)120-29-87-16-34(80)68(113)85-78(87)116)25-136-27-42-65-51(103)58(110)76(127-42)132-63-40(21-92)123-73(54(106)47(63)99)131-62-39(20-91)126-75(57(109)50(62)102)135-66-43(28-137-26-36(82-2)70(115)84-12-8-4-6-10-45(97)121-30-88-17-35(81)69(114)86-79(88)117)128-77(59(111)52(66)104)133-64-41(22-93)124-72(55(107)48(64)100)129-60-37(18-89)122-71(53(105)46(60)98)130-61-38(19-90)125-74(134-65)56(108)49(61)101/h16-17,32,36-43,46-66,71-77,82,89-93,98-111H,3-15,18-30H2,1-2H3,(H,83,112)(H,84,115)(H,85,113,116)(H,86,114,117)/t32-,36-,37?,38?,39?,40?,41?,42?,43?,46-,47-,48-,49-,50-,51-,52-,53?,54?,55?,56?,57?,58?,59?,60-,61-,62-,63-,64-,65-,66-,71+,72-,73+,74-,75+,76-,77+/m1/s1. The van der Waals surface area contributed by atoms with E-state index >= 15 is 0 Å². The molecule has 24 N–H and O–H groups in total. The molecule has 2 aromatic heterocycles. The van der Waals surface area contributed by atoms with E-state index in [0.717, 1.165) is 23.5 Å². The number of nitrogens with zero attached hydrogens (tertiary/aromatic N) is 2. The van der Waals surface area contributed by atoms with Gasteiger partial charge in [0.15, 0.2) is 69.1 Å². The molecule has 0 spiro atoms. The highest BCUT2D eigenvalue weighted by Gasteiger charge is 2.60. The third-order valence-electron chi connectivity index (χ3n) is 23.4. The molecule has 0 aliphatic carbocycles. The number of aliphatic hydroxyl groups is 19. The van der Waals surface area contributed by atoms with Crippen LogP contribution in [0.2, 0.25) is 0 Å². The molecule has 58 heteroatoms. The molecule has 137 heavy (non-hydrogen) atoms. The minimum atomic E-state index is -2.39. The molecule has 21 aliphatic rings. The highest BCUT2D eigenvalue weighted by atomic mass is 32.2. The van der Waals surface area contributed by atoms with Crippen LogP contribution in [0.3, 0.4) is 0 Å². The smallest absolute Gasteiger partial charge is 0.331 e. The molecule has 21 aliphatic heterocycles. The van der Waals surface area contributed by atoms with Gasteiger partial charge < -0.3 is 198 Å². The maximum Gasteiger partial charge on any atom is 0.331 e. The van der Waals surface area contributed by atoms with Gasteiger partial charge in [-0.25, -0.2) is 9.59 Å². The van der Waals surface area contributed by atoms with Crippen LogP contribution >= 0.6 is 23.5 Å². The number of hydrogen-bond acceptors (Lipinski definition) is 50. The summed E-state index contributed by atoms with van der Waals surface area (Å²) in [5, 5.41) is 230. The first-order chi connectivity index (χ1) is 65.3. The fraction of sp³-hybridized carbons (Fsp3) is 0.823. The first-order valence-electron chi connectivity index (χ1n) is 43.9. The average Bonchev–Trinajstić information content (AvgIpc) is 0.807. The van der Waals surface area contributed by atoms with Gasteiger partial charge in [0.2, 0.25) is 23.4 Å². The maximum absolute atomic E-state index is 14.2. The second-order valence-electron chi connectivity index (χ2n) is 33.4. The molecule has 21 fully saturated rings. The third kappa shape index (κ3) is 29.7. The predicted octanol–water partition coefficient (Wildman–Crippen LogP) is -14.2. The van der Waals surface area contributed by atoms with Crippen molar-refractivity contribution in [2.45, 2.75) is 299 Å². The molecule has 23 heterocycles. The molecular formula is C79H121F2N7O47S2. The summed E-state index contributed by atoms with van der Waals surface area (Å²) in [6, 6.07) is -1.02. The van der Waals surface area contributed by atoms with Crippen molar-refractivity contribution in [3.63, 3.8) is 0 Å². The molecule has 2 aromatic rings. The Kier molecular flexibility index (Phi) is 44.3. The van der Waals surface area contributed by atoms with Crippen LogP contribution in [0.25, 0.3) is 0 Å². The lowest BCUT2D eigenvalue weighted by Gasteiger charge is -2.50. The van der Waals surface area contributed by atoms with Gasteiger partial charge in [-0.15, -0.1) is 0 Å². The Balaban J connectivity index is 0.879. The van der Waals surface area contributed by atoms with Crippen LogP contribution in [0.1, 0.15) is 64.7 Å². The van der Waals surface area contributed by atoms with Crippen molar-refractivity contribution in [2.75, 3.05) is 103 Å². The summed E-state index contributed by atoms with van der Waals surface area (Å²) in [6.07, 6.45) is -73.2. The van der Waals surface area contributed by atoms with Gasteiger partial charge in [-0.05, 0) is 39.7 Å². The minimum absolute atomic E-state index is 0.0590. The summed E-state index contributed by atoms with van der Waals surface area (Å²) in [5.41, 5.74) is -4.61. The van der Waals surface area contributed by atoms with E-state index in [-0.39, 0.29) is 88.7 Å². The number of Topliss-reactive ketones (excluding diaryl/α,β-unsaturated/α-hetero) is 2. The summed E-state index contributed by atoms with van der Waals surface area (Å²) in [5.74, 6) is -9.05. The van der Waals surface area contributed by atoms with Crippen molar-refractivity contribution >= 4 is 58.8 Å². The van der Waals surface area contributed by atoms with Crippen LogP contribution in [0.5, 0.6) is 0 Å². The van der Waals surface area contributed by atoms with Gasteiger partial charge in [-0.2, -0.15) is 32.3 Å². The monoisotopic (exact) mass is 2020 g/mol. The molecular weight excluding hydrogens is 1900 g/mol. The zero-order valence-electron chi connectivity index (χ0n) is 73.8. The van der Waals surface area contributed by atoms with Gasteiger partial charge >= 0.3 is 23.3 Å². The SMILES string of the molecule is CN[C@H](CSCC1O[C@H]2O[C@@H]3C(CO)O[C@H](O[C@@H]4C(CO)O[C@@H](O[C@@H]5C(CO)O[C@H](O[C@@H]6C(CSC[C@@H](CC(=O)COCCOCC(C)=O)C(=O)NCCCCCC(=O)OCn7cc(F)c(=O)[nH]c7=O)O[C@H](O[C@@H]7C(CO)O[C@@H](O[C@@H]8C(CO)O[C@@H](O[C@H]1[C@H](O)C2O)C(O)[C@H]8O)C(O)[C@H]7O)C(O)[C@H]6O)C(O)[C@H]5O)C(O)[C@H]4O)C(O)[C@H]3O)C(=O)NCCCCCC(=O)OCn1cc(F)c(=O)[nH]c1=O. The van der Waals surface area contributed by atoms with Gasteiger partial charge in [0, 0.05) is 55.4 Å². The number of H-pyrrole nitrogens is 2. The Morgan fingerprint density at radius 1 is 0.401 bits per heavy atom. The second kappa shape index (κ2) is 53.9. The van der Waals surface area contributed by atoms with Gasteiger partial charge in [-0.1, -0.05) is 12.8 Å². The number of carbonyl (C=O) groups is 6. The largest absolute Gasteiger partial charge is 0.444 e. The lowest BCUT2D eigenvalue weighted by Crippen LogP contribution is -2.68. The number of nitrogens with one attached hydrogen (secondary N) is 5. The number of aliphatic hydroxyl groups excluding tert-OH is 19. The number of ether oxygens (including phenoxy) is 18. The molecule has 14 unspecified atom stereocenters. The molecule has 37 atom stereocenters.